The zero-order valence-electron chi connectivity index (χ0n) is 15.3. The Morgan fingerprint density at radius 1 is 1.12 bits per heavy atom. The molecule has 2 aromatic carbocycles. The zero-order valence-corrected chi connectivity index (χ0v) is 15.3. The third-order valence-corrected chi connectivity index (χ3v) is 4.09. The first-order chi connectivity index (χ1) is 12.5. The number of likely N-dealkylation sites (N-methyl/N-ethyl adjacent to an activating group) is 1. The molecule has 2 amide bonds. The lowest BCUT2D eigenvalue weighted by atomic mass is 10.0. The van der Waals surface area contributed by atoms with Gasteiger partial charge in [-0.15, -0.1) is 0 Å². The number of carbonyl (C=O) groups is 2. The van der Waals surface area contributed by atoms with Crippen molar-refractivity contribution in [3.8, 4) is 0 Å². The Kier molecular flexibility index (Phi) is 7.09. The summed E-state index contributed by atoms with van der Waals surface area (Å²) in [6.07, 6.45) is 2.51. The fourth-order valence-electron chi connectivity index (χ4n) is 2.63. The van der Waals surface area contributed by atoms with Crippen molar-refractivity contribution in [1.82, 2.24) is 0 Å². The molecule has 5 nitrogen and oxygen atoms in total. The average molecular weight is 351 g/mol. The molecule has 0 radical (unpaired) electrons. The van der Waals surface area contributed by atoms with Crippen LogP contribution in [0.3, 0.4) is 0 Å². The third-order valence-electron chi connectivity index (χ3n) is 4.09. The Hall–Kier alpha value is -2.95. The number of fused-ring (bicyclic) bond motifs is 1. The number of nitrogens with two attached hydrogens (primary N) is 1. The van der Waals surface area contributed by atoms with Crippen molar-refractivity contribution in [2.75, 3.05) is 18.5 Å². The highest BCUT2D eigenvalue weighted by atomic mass is 16.2. The number of primary amides is 1. The third kappa shape index (κ3) is 5.02. The second-order valence-corrected chi connectivity index (χ2v) is 6.07. The maximum atomic E-state index is 12.0. The van der Waals surface area contributed by atoms with E-state index in [0.29, 0.717) is 6.42 Å². The molecule has 136 valence electrons. The molecule has 0 saturated carbocycles. The number of para-hydroxylation sites is 1. The Morgan fingerprint density at radius 3 is 2.38 bits per heavy atom. The molecule has 0 atom stereocenters. The highest BCUT2D eigenvalue weighted by Gasteiger charge is 2.21. The number of nitrogens with zero attached hydrogens (tertiary/aromatic N) is 2. The predicted octanol–water partition coefficient (Wildman–Crippen LogP) is 3.16. The van der Waals surface area contributed by atoms with E-state index in [-0.39, 0.29) is 18.4 Å². The van der Waals surface area contributed by atoms with Crippen LogP contribution in [0.2, 0.25) is 0 Å². The van der Waals surface area contributed by atoms with Gasteiger partial charge in [0.25, 0.3) is 0 Å². The van der Waals surface area contributed by atoms with Crippen molar-refractivity contribution < 1.29 is 9.59 Å². The smallest absolute Gasteiger partial charge is 0.248 e. The number of rotatable bonds is 4. The summed E-state index contributed by atoms with van der Waals surface area (Å²) in [6, 6.07) is 17.9. The van der Waals surface area contributed by atoms with Gasteiger partial charge < -0.3 is 10.6 Å². The van der Waals surface area contributed by atoms with Gasteiger partial charge in [-0.2, -0.15) is 0 Å². The minimum atomic E-state index is -0.193. The van der Waals surface area contributed by atoms with Crippen LogP contribution < -0.4 is 10.6 Å². The van der Waals surface area contributed by atoms with E-state index in [2.05, 4.69) is 4.99 Å². The van der Waals surface area contributed by atoms with Crippen LogP contribution in [0, 0.1) is 0 Å². The SMILES string of the molecule is CCCCC(N)=O.CN1C(=O)CN=C(c2ccccc2)c2ccccc21. The molecule has 0 aliphatic carbocycles. The standard InChI is InChI=1S/C16H14N2O.C5H11NO/c1-18-14-10-6-5-9-13(14)16(17-11-15(18)19)12-7-3-2-4-8-12;1-2-3-4-5(6)7/h2-10H,11H2,1H3;2-4H2,1H3,(H2,6,7). The zero-order chi connectivity index (χ0) is 18.9. The van der Waals surface area contributed by atoms with E-state index in [1.807, 2.05) is 61.5 Å². The van der Waals surface area contributed by atoms with E-state index in [0.717, 1.165) is 35.4 Å². The van der Waals surface area contributed by atoms with E-state index >= 15 is 0 Å². The molecular formula is C21H25N3O2. The summed E-state index contributed by atoms with van der Waals surface area (Å²) in [7, 11) is 1.80. The monoisotopic (exact) mass is 351 g/mol. The van der Waals surface area contributed by atoms with E-state index in [1.165, 1.54) is 0 Å². The largest absolute Gasteiger partial charge is 0.370 e. The first kappa shape index (κ1) is 19.4. The van der Waals surface area contributed by atoms with Crippen molar-refractivity contribution in [3.63, 3.8) is 0 Å². The quantitative estimate of drug-likeness (QED) is 0.918. The average Bonchev–Trinajstić information content (AvgIpc) is 2.79. The number of benzodiazepines with no additional fused rings is 1. The van der Waals surface area contributed by atoms with Crippen LogP contribution in [-0.4, -0.2) is 31.1 Å². The van der Waals surface area contributed by atoms with Gasteiger partial charge in [-0.05, 0) is 12.5 Å². The maximum absolute atomic E-state index is 12.0. The number of aliphatic imine (C=N–C) groups is 1. The highest BCUT2D eigenvalue weighted by molar-refractivity contribution is 6.19. The van der Waals surface area contributed by atoms with Crippen molar-refractivity contribution in [1.29, 1.82) is 0 Å². The summed E-state index contributed by atoms with van der Waals surface area (Å²) in [5, 5.41) is 0. The number of anilines is 1. The number of amides is 2. The Labute approximate surface area is 154 Å². The molecular weight excluding hydrogens is 326 g/mol. The number of hydrogen-bond donors (Lipinski definition) is 1. The molecule has 0 bridgehead atoms. The second kappa shape index (κ2) is 9.51. The molecule has 3 rings (SSSR count). The predicted molar refractivity (Wildman–Crippen MR) is 106 cm³/mol. The van der Waals surface area contributed by atoms with Crippen molar-refractivity contribution in [3.05, 3.63) is 65.7 Å². The van der Waals surface area contributed by atoms with Crippen LogP contribution in [0.25, 0.3) is 0 Å². The molecule has 1 aliphatic rings. The van der Waals surface area contributed by atoms with Crippen molar-refractivity contribution >= 4 is 23.2 Å². The van der Waals surface area contributed by atoms with Gasteiger partial charge in [-0.25, -0.2) is 0 Å². The highest BCUT2D eigenvalue weighted by Crippen LogP contribution is 2.25. The molecule has 0 fully saturated rings. The number of hydrogen-bond acceptors (Lipinski definition) is 3. The second-order valence-electron chi connectivity index (χ2n) is 6.07. The summed E-state index contributed by atoms with van der Waals surface area (Å²) < 4.78 is 0. The maximum Gasteiger partial charge on any atom is 0.248 e. The molecule has 0 unspecified atom stereocenters. The summed E-state index contributed by atoms with van der Waals surface area (Å²) in [6.45, 7) is 2.22. The van der Waals surface area contributed by atoms with E-state index in [1.54, 1.807) is 11.9 Å². The molecule has 26 heavy (non-hydrogen) atoms. The van der Waals surface area contributed by atoms with Gasteiger partial charge in [0.05, 0.1) is 11.4 Å². The normalized spacial score (nSPS) is 13.1. The van der Waals surface area contributed by atoms with E-state index in [4.69, 9.17) is 5.73 Å². The minimum absolute atomic E-state index is 0.0124. The molecule has 1 aliphatic heterocycles. The van der Waals surface area contributed by atoms with Crippen LogP contribution in [0.5, 0.6) is 0 Å². The summed E-state index contributed by atoms with van der Waals surface area (Å²) in [4.78, 5) is 28.1. The Balaban J connectivity index is 0.000000298. The molecule has 0 aromatic heterocycles. The van der Waals surface area contributed by atoms with Gasteiger partial charge in [0.15, 0.2) is 0 Å². The lowest BCUT2D eigenvalue weighted by molar-refractivity contribution is -0.118. The van der Waals surface area contributed by atoms with Crippen LogP contribution in [0.1, 0.15) is 37.3 Å². The first-order valence-corrected chi connectivity index (χ1v) is 8.78. The number of carbonyl (C=O) groups excluding carboxylic acids is 2. The minimum Gasteiger partial charge on any atom is -0.370 e. The van der Waals surface area contributed by atoms with Crippen molar-refractivity contribution in [2.45, 2.75) is 26.2 Å². The molecule has 5 heteroatoms. The fourth-order valence-corrected chi connectivity index (χ4v) is 2.63. The van der Waals surface area contributed by atoms with E-state index in [9.17, 15) is 9.59 Å². The molecule has 0 saturated heterocycles. The van der Waals surface area contributed by atoms with Crippen LogP contribution >= 0.6 is 0 Å². The Morgan fingerprint density at radius 2 is 1.77 bits per heavy atom. The molecule has 0 spiro atoms. The molecule has 2 N–H and O–H groups in total. The fraction of sp³-hybridized carbons (Fsp3) is 0.286. The lowest BCUT2D eigenvalue weighted by Gasteiger charge is -2.17. The lowest BCUT2D eigenvalue weighted by Crippen LogP contribution is -2.27. The van der Waals surface area contributed by atoms with Gasteiger partial charge in [-0.3, -0.25) is 14.6 Å². The van der Waals surface area contributed by atoms with E-state index < -0.39 is 0 Å². The summed E-state index contributed by atoms with van der Waals surface area (Å²) in [5.41, 5.74) is 8.67. The van der Waals surface area contributed by atoms with Crippen LogP contribution in [-0.2, 0) is 9.59 Å². The van der Waals surface area contributed by atoms with Crippen LogP contribution in [0.4, 0.5) is 5.69 Å². The summed E-state index contributed by atoms with van der Waals surface area (Å²) in [5.74, 6) is -0.180. The van der Waals surface area contributed by atoms with Gasteiger partial charge in [0.2, 0.25) is 11.8 Å². The van der Waals surface area contributed by atoms with Gasteiger partial charge in [0, 0.05) is 24.6 Å². The number of unbranched alkanes of at least 4 members (excludes halogenated alkanes) is 1. The Bertz CT molecular complexity index is 785. The number of benzene rings is 2. The topological polar surface area (TPSA) is 75.8 Å². The van der Waals surface area contributed by atoms with Crippen LogP contribution in [0.15, 0.2) is 59.6 Å². The molecule has 2 aromatic rings. The van der Waals surface area contributed by atoms with Gasteiger partial charge >= 0.3 is 0 Å². The molecule has 1 heterocycles. The van der Waals surface area contributed by atoms with Gasteiger partial charge in [0.1, 0.15) is 6.54 Å². The van der Waals surface area contributed by atoms with Gasteiger partial charge in [-0.1, -0.05) is 61.9 Å². The van der Waals surface area contributed by atoms with Crippen molar-refractivity contribution in [2.24, 2.45) is 10.7 Å². The first-order valence-electron chi connectivity index (χ1n) is 8.78. The summed E-state index contributed by atoms with van der Waals surface area (Å²) >= 11 is 0.